The van der Waals surface area contributed by atoms with Gasteiger partial charge in [0, 0.05) is 28.2 Å². The van der Waals surface area contributed by atoms with E-state index in [1.165, 1.54) is 12.1 Å². The van der Waals surface area contributed by atoms with Gasteiger partial charge in [-0.15, -0.1) is 0 Å². The third kappa shape index (κ3) is 3.42. The Kier molecular flexibility index (Phi) is 4.49. The van der Waals surface area contributed by atoms with E-state index in [0.29, 0.717) is 22.5 Å². The second kappa shape index (κ2) is 6.88. The molecule has 1 aromatic heterocycles. The number of aryl methyl sites for hydroxylation is 1. The van der Waals surface area contributed by atoms with Gasteiger partial charge < -0.3 is 15.6 Å². The zero-order valence-corrected chi connectivity index (χ0v) is 15.8. The van der Waals surface area contributed by atoms with Crippen LogP contribution in [0.5, 0.6) is 0 Å². The number of benzene rings is 2. The van der Waals surface area contributed by atoms with Crippen molar-refractivity contribution < 1.29 is 13.2 Å². The summed E-state index contributed by atoms with van der Waals surface area (Å²) in [6.45, 7) is 9.65. The van der Waals surface area contributed by atoms with E-state index in [2.05, 4.69) is 28.8 Å². The van der Waals surface area contributed by atoms with E-state index in [4.69, 9.17) is 0 Å². The number of aromatic amines is 1. The van der Waals surface area contributed by atoms with Crippen LogP contribution in [0.1, 0.15) is 17.2 Å². The largest absolute Gasteiger partial charge is 0.412 e. The van der Waals surface area contributed by atoms with Gasteiger partial charge in [0.05, 0.1) is 17.1 Å². The molecule has 0 fully saturated rings. The van der Waals surface area contributed by atoms with Crippen molar-refractivity contribution in [2.24, 2.45) is 0 Å². The number of hydrogen-bond acceptors (Lipinski definition) is 2. The third-order valence-corrected chi connectivity index (χ3v) is 5.09. The number of aromatic nitrogens is 1. The second-order valence-electron chi connectivity index (χ2n) is 7.11. The van der Waals surface area contributed by atoms with E-state index < -0.39 is 12.2 Å². The molecule has 1 aliphatic carbocycles. The molecule has 1 heterocycles. The summed E-state index contributed by atoms with van der Waals surface area (Å²) in [5.41, 5.74) is 4.63. The van der Waals surface area contributed by atoms with Crippen LogP contribution in [0, 0.1) is 6.92 Å². The highest BCUT2D eigenvalue weighted by Crippen LogP contribution is 2.41. The number of fused-ring (bicyclic) bond motifs is 1. The van der Waals surface area contributed by atoms with Gasteiger partial charge in [-0.25, -0.2) is 0 Å². The normalized spacial score (nSPS) is 15.4. The summed E-state index contributed by atoms with van der Waals surface area (Å²) in [5.74, 6) is 0. The van der Waals surface area contributed by atoms with Gasteiger partial charge >= 0.3 is 6.18 Å². The Labute approximate surface area is 166 Å². The molecule has 4 rings (SSSR count). The number of allylic oxidation sites excluding steroid dienone is 2. The second-order valence-corrected chi connectivity index (χ2v) is 7.11. The summed E-state index contributed by atoms with van der Waals surface area (Å²) in [7, 11) is 0. The van der Waals surface area contributed by atoms with Crippen molar-refractivity contribution in [3.8, 4) is 0 Å². The topological polar surface area (TPSA) is 39.8 Å². The number of nitrogens with one attached hydrogen (secondary N) is 3. The summed E-state index contributed by atoms with van der Waals surface area (Å²) in [6, 6.07) is 12.2. The fourth-order valence-corrected chi connectivity index (χ4v) is 3.41. The van der Waals surface area contributed by atoms with Crippen molar-refractivity contribution in [3.05, 3.63) is 102 Å². The fourth-order valence-electron chi connectivity index (χ4n) is 3.41. The van der Waals surface area contributed by atoms with Gasteiger partial charge in [-0.1, -0.05) is 61.2 Å². The molecule has 29 heavy (non-hydrogen) atoms. The summed E-state index contributed by atoms with van der Waals surface area (Å²) >= 11 is 0. The molecule has 1 unspecified atom stereocenters. The zero-order valence-electron chi connectivity index (χ0n) is 15.8. The quantitative estimate of drug-likeness (QED) is 0.487. The van der Waals surface area contributed by atoms with E-state index in [0.717, 1.165) is 22.2 Å². The van der Waals surface area contributed by atoms with Crippen LogP contribution in [0.15, 0.2) is 90.4 Å². The lowest BCUT2D eigenvalue weighted by Gasteiger charge is -2.34. The molecule has 3 aromatic rings. The number of alkyl halides is 3. The first-order valence-corrected chi connectivity index (χ1v) is 9.12. The molecule has 3 N–H and O–H groups in total. The van der Waals surface area contributed by atoms with Crippen molar-refractivity contribution in [2.75, 3.05) is 5.32 Å². The van der Waals surface area contributed by atoms with Crippen LogP contribution in [0.25, 0.3) is 10.9 Å². The number of H-pyrrole nitrogens is 1. The van der Waals surface area contributed by atoms with E-state index in [-0.39, 0.29) is 5.56 Å². The van der Waals surface area contributed by atoms with Crippen molar-refractivity contribution in [1.29, 1.82) is 0 Å². The fraction of sp³-hybridized carbons (Fsp3) is 0.130. The lowest BCUT2D eigenvalue weighted by Crippen LogP contribution is -2.38. The van der Waals surface area contributed by atoms with Crippen molar-refractivity contribution >= 4 is 16.6 Å². The molecule has 0 spiro atoms. The van der Waals surface area contributed by atoms with Gasteiger partial charge in [0.2, 0.25) is 0 Å². The van der Waals surface area contributed by atoms with Crippen LogP contribution in [-0.4, -0.2) is 11.2 Å². The van der Waals surface area contributed by atoms with E-state index in [9.17, 15) is 13.2 Å². The van der Waals surface area contributed by atoms with E-state index in [1.54, 1.807) is 18.3 Å². The minimum absolute atomic E-state index is 0.146. The Morgan fingerprint density at radius 1 is 0.931 bits per heavy atom. The molecule has 0 bridgehead atoms. The summed E-state index contributed by atoms with van der Waals surface area (Å²) in [5, 5.41) is 6.79. The van der Waals surface area contributed by atoms with Crippen LogP contribution in [0.4, 0.5) is 18.9 Å². The molecule has 0 aliphatic heterocycles. The summed E-state index contributed by atoms with van der Waals surface area (Å²) in [4.78, 5) is 3.14. The molecule has 2 aromatic carbocycles. The molecule has 0 saturated carbocycles. The smallest absolute Gasteiger partial charge is 0.368 e. The maximum Gasteiger partial charge on any atom is 0.412 e. The molecular weight excluding hydrogens is 375 g/mol. The molecule has 1 atom stereocenters. The number of halogens is 3. The van der Waals surface area contributed by atoms with E-state index in [1.807, 2.05) is 31.2 Å². The minimum Gasteiger partial charge on any atom is -0.368 e. The van der Waals surface area contributed by atoms with Crippen LogP contribution in [-0.2, 0) is 0 Å². The molecule has 148 valence electrons. The van der Waals surface area contributed by atoms with Crippen molar-refractivity contribution in [1.82, 2.24) is 10.3 Å². The molecular formula is C23H20F3N3. The lowest BCUT2D eigenvalue weighted by atomic mass is 9.88. The zero-order chi connectivity index (χ0) is 20.8. The lowest BCUT2D eigenvalue weighted by molar-refractivity contribution is -0.155. The number of rotatable bonds is 5. The predicted molar refractivity (Wildman–Crippen MR) is 110 cm³/mol. The highest BCUT2D eigenvalue weighted by Gasteiger charge is 2.43. The minimum atomic E-state index is -4.47. The summed E-state index contributed by atoms with van der Waals surface area (Å²) < 4.78 is 41.4. The predicted octanol–water partition coefficient (Wildman–Crippen LogP) is 6.12. The van der Waals surface area contributed by atoms with E-state index >= 15 is 0 Å². The molecule has 1 aliphatic rings. The molecule has 0 radical (unpaired) electrons. The molecule has 6 heteroatoms. The van der Waals surface area contributed by atoms with Crippen molar-refractivity contribution in [2.45, 2.75) is 19.1 Å². The monoisotopic (exact) mass is 395 g/mol. The number of hydrogen-bond donors (Lipinski definition) is 3. The third-order valence-electron chi connectivity index (χ3n) is 5.09. The number of para-hydroxylation sites is 1. The van der Waals surface area contributed by atoms with Crippen LogP contribution < -0.4 is 10.6 Å². The van der Waals surface area contributed by atoms with Gasteiger partial charge in [0.1, 0.15) is 6.04 Å². The highest BCUT2D eigenvalue weighted by atomic mass is 19.4. The molecule has 0 amide bonds. The average molecular weight is 395 g/mol. The Hall–Kier alpha value is -3.41. The summed E-state index contributed by atoms with van der Waals surface area (Å²) in [6.07, 6.45) is -2.68. The van der Waals surface area contributed by atoms with Gasteiger partial charge in [-0.3, -0.25) is 0 Å². The van der Waals surface area contributed by atoms with Crippen LogP contribution in [0.3, 0.4) is 0 Å². The Morgan fingerprint density at radius 3 is 2.28 bits per heavy atom. The van der Waals surface area contributed by atoms with Crippen molar-refractivity contribution in [3.63, 3.8) is 0 Å². The first-order chi connectivity index (χ1) is 13.8. The van der Waals surface area contributed by atoms with Gasteiger partial charge in [0.25, 0.3) is 0 Å². The average Bonchev–Trinajstić information content (AvgIpc) is 3.10. The van der Waals surface area contributed by atoms with Crippen LogP contribution in [0.2, 0.25) is 0 Å². The first-order valence-electron chi connectivity index (χ1n) is 9.12. The Balaban J connectivity index is 1.68. The molecule has 3 nitrogen and oxygen atoms in total. The first kappa shape index (κ1) is 18.9. The van der Waals surface area contributed by atoms with Gasteiger partial charge in [0.15, 0.2) is 0 Å². The maximum atomic E-state index is 13.8. The maximum absolute atomic E-state index is 13.8. The number of anilines is 1. The standard InChI is InChI=1S/C23H20F3N3/c1-13-8-10-16(11-9-13)22(23(24,25)26)29-21-15(3)14(2)20(21)28-19-12-27-18-7-5-4-6-17(18)19/h4-12,22,27-29H,2-3H2,1H3. The van der Waals surface area contributed by atoms with Gasteiger partial charge in [-0.05, 0) is 18.6 Å². The van der Waals surface area contributed by atoms with Crippen LogP contribution >= 0.6 is 0 Å². The van der Waals surface area contributed by atoms with Gasteiger partial charge in [-0.2, -0.15) is 13.2 Å². The highest BCUT2D eigenvalue weighted by molar-refractivity contribution is 5.94. The SMILES string of the molecule is C=C1C(=C)C(NC(c2ccc(C)cc2)C(F)(F)F)=C1Nc1c[nH]c2ccccc12. The molecule has 0 saturated heterocycles. The Bertz CT molecular complexity index is 1130. The Morgan fingerprint density at radius 2 is 1.59 bits per heavy atom.